The largest absolute Gasteiger partial charge is 0.346 e. The molecule has 0 atom stereocenters. The predicted octanol–water partition coefficient (Wildman–Crippen LogP) is 3.03. The summed E-state index contributed by atoms with van der Waals surface area (Å²) >= 11 is 1.66. The van der Waals surface area contributed by atoms with Crippen LogP contribution in [-0.2, 0) is 14.4 Å². The molecule has 0 saturated carbocycles. The molecule has 7 heteroatoms. The van der Waals surface area contributed by atoms with E-state index in [-0.39, 0.29) is 12.6 Å². The number of carbonyl (C=O) groups is 3. The molecule has 3 amide bonds. The molecule has 0 bridgehead atoms. The Labute approximate surface area is 169 Å². The van der Waals surface area contributed by atoms with E-state index in [2.05, 4.69) is 48.0 Å². The third-order valence-electron chi connectivity index (χ3n) is 3.73. The second kappa shape index (κ2) is 9.94. The van der Waals surface area contributed by atoms with Crippen LogP contribution in [0.4, 0.5) is 5.69 Å². The minimum absolute atomic E-state index is 0.146. The maximum Gasteiger partial charge on any atom is 0.309 e. The normalized spacial score (nSPS) is 10.5. The van der Waals surface area contributed by atoms with Crippen molar-refractivity contribution in [2.24, 2.45) is 0 Å². The summed E-state index contributed by atoms with van der Waals surface area (Å²) < 4.78 is 0. The zero-order valence-electron chi connectivity index (χ0n) is 16.5. The van der Waals surface area contributed by atoms with Crippen molar-refractivity contribution in [2.75, 3.05) is 11.9 Å². The maximum absolute atomic E-state index is 12.0. The molecule has 2 rings (SSSR count). The first-order valence-corrected chi connectivity index (χ1v) is 9.80. The summed E-state index contributed by atoms with van der Waals surface area (Å²) in [4.78, 5) is 37.3. The van der Waals surface area contributed by atoms with E-state index < -0.39 is 17.7 Å². The second-order valence-corrected chi connectivity index (χ2v) is 7.87. The van der Waals surface area contributed by atoms with E-state index in [0.717, 1.165) is 4.90 Å². The summed E-state index contributed by atoms with van der Waals surface area (Å²) in [5.41, 5.74) is 3.07. The molecule has 0 fully saturated rings. The number of amides is 3. The monoisotopic (exact) mass is 399 g/mol. The van der Waals surface area contributed by atoms with E-state index in [1.165, 1.54) is 16.0 Å². The summed E-state index contributed by atoms with van der Waals surface area (Å²) in [6, 6.07) is 13.6. The van der Waals surface area contributed by atoms with Crippen LogP contribution in [0.3, 0.4) is 0 Å². The SMILES string of the molecule is Cc1ccc(Sc2ccc(NC(=O)CNC(=O)C(=O)NC(C)C)cc2)c(C)c1. The van der Waals surface area contributed by atoms with Gasteiger partial charge in [-0.25, -0.2) is 0 Å². The quantitative estimate of drug-likeness (QED) is 0.652. The summed E-state index contributed by atoms with van der Waals surface area (Å²) in [5.74, 6) is -1.99. The van der Waals surface area contributed by atoms with Crippen molar-refractivity contribution in [2.45, 2.75) is 43.5 Å². The fourth-order valence-corrected chi connectivity index (χ4v) is 3.30. The van der Waals surface area contributed by atoms with E-state index in [1.54, 1.807) is 37.7 Å². The van der Waals surface area contributed by atoms with Crippen LogP contribution in [0.1, 0.15) is 25.0 Å². The van der Waals surface area contributed by atoms with Crippen LogP contribution in [0.15, 0.2) is 52.3 Å². The minimum atomic E-state index is -0.830. The Bertz CT molecular complexity index is 864. The number of hydrogen-bond acceptors (Lipinski definition) is 4. The third kappa shape index (κ3) is 6.74. The van der Waals surface area contributed by atoms with Gasteiger partial charge in [0, 0.05) is 21.5 Å². The molecule has 148 valence electrons. The van der Waals surface area contributed by atoms with Gasteiger partial charge in [0.2, 0.25) is 5.91 Å². The van der Waals surface area contributed by atoms with Crippen LogP contribution in [0.2, 0.25) is 0 Å². The van der Waals surface area contributed by atoms with Crippen molar-refractivity contribution in [3.63, 3.8) is 0 Å². The number of hydrogen-bond donors (Lipinski definition) is 3. The molecular weight excluding hydrogens is 374 g/mol. The number of anilines is 1. The average Bonchev–Trinajstić information content (AvgIpc) is 2.63. The molecule has 0 spiro atoms. The highest BCUT2D eigenvalue weighted by Gasteiger charge is 2.15. The van der Waals surface area contributed by atoms with E-state index >= 15 is 0 Å². The smallest absolute Gasteiger partial charge is 0.309 e. The highest BCUT2D eigenvalue weighted by molar-refractivity contribution is 7.99. The molecule has 0 aliphatic carbocycles. The number of aryl methyl sites for hydroxylation is 2. The van der Waals surface area contributed by atoms with Gasteiger partial charge in [-0.3, -0.25) is 14.4 Å². The first kappa shape index (κ1) is 21.5. The first-order chi connectivity index (χ1) is 13.2. The summed E-state index contributed by atoms with van der Waals surface area (Å²) in [5, 5.41) is 7.45. The fraction of sp³-hybridized carbons (Fsp3) is 0.286. The van der Waals surface area contributed by atoms with Gasteiger partial charge < -0.3 is 16.0 Å². The van der Waals surface area contributed by atoms with Gasteiger partial charge in [0.05, 0.1) is 6.54 Å². The first-order valence-electron chi connectivity index (χ1n) is 8.98. The van der Waals surface area contributed by atoms with E-state index in [9.17, 15) is 14.4 Å². The van der Waals surface area contributed by atoms with Crippen molar-refractivity contribution in [3.05, 3.63) is 53.6 Å². The predicted molar refractivity (Wildman–Crippen MR) is 111 cm³/mol. The number of benzene rings is 2. The van der Waals surface area contributed by atoms with Crippen molar-refractivity contribution < 1.29 is 14.4 Å². The lowest BCUT2D eigenvalue weighted by atomic mass is 10.2. The molecule has 3 N–H and O–H groups in total. The standard InChI is InChI=1S/C21H25N3O3S/c1-13(2)23-21(27)20(26)22-12-19(25)24-16-6-8-17(9-7-16)28-18-10-5-14(3)11-15(18)4/h5-11,13H,12H2,1-4H3,(H,22,26)(H,23,27)(H,24,25). The van der Waals surface area contributed by atoms with Gasteiger partial charge in [0.1, 0.15) is 0 Å². The molecule has 0 aliphatic heterocycles. The van der Waals surface area contributed by atoms with Crippen LogP contribution in [-0.4, -0.2) is 30.3 Å². The number of rotatable bonds is 6. The van der Waals surface area contributed by atoms with Crippen molar-refractivity contribution >= 4 is 35.2 Å². The topological polar surface area (TPSA) is 87.3 Å². The molecular formula is C21H25N3O3S. The zero-order chi connectivity index (χ0) is 20.7. The lowest BCUT2D eigenvalue weighted by Crippen LogP contribution is -2.44. The number of carbonyl (C=O) groups excluding carboxylic acids is 3. The van der Waals surface area contributed by atoms with Crippen LogP contribution in [0.5, 0.6) is 0 Å². The molecule has 6 nitrogen and oxygen atoms in total. The summed E-state index contributed by atoms with van der Waals surface area (Å²) in [7, 11) is 0. The average molecular weight is 400 g/mol. The van der Waals surface area contributed by atoms with Crippen LogP contribution in [0.25, 0.3) is 0 Å². The van der Waals surface area contributed by atoms with Gasteiger partial charge in [-0.1, -0.05) is 29.5 Å². The molecule has 0 radical (unpaired) electrons. The Morgan fingerprint density at radius 2 is 1.64 bits per heavy atom. The Hall–Kier alpha value is -2.80. The lowest BCUT2D eigenvalue weighted by Gasteiger charge is -2.10. The van der Waals surface area contributed by atoms with Gasteiger partial charge in [-0.05, 0) is 63.6 Å². The molecule has 2 aromatic carbocycles. The maximum atomic E-state index is 12.0. The molecule has 0 aromatic heterocycles. The van der Waals surface area contributed by atoms with E-state index in [4.69, 9.17) is 0 Å². The van der Waals surface area contributed by atoms with Crippen LogP contribution in [0, 0.1) is 13.8 Å². The molecule has 0 heterocycles. The van der Waals surface area contributed by atoms with Crippen LogP contribution < -0.4 is 16.0 Å². The molecule has 2 aromatic rings. The van der Waals surface area contributed by atoms with Crippen LogP contribution >= 0.6 is 11.8 Å². The van der Waals surface area contributed by atoms with Gasteiger partial charge in [0.25, 0.3) is 0 Å². The van der Waals surface area contributed by atoms with Crippen molar-refractivity contribution in [3.8, 4) is 0 Å². The van der Waals surface area contributed by atoms with Gasteiger partial charge in [-0.15, -0.1) is 0 Å². The Morgan fingerprint density at radius 1 is 0.964 bits per heavy atom. The summed E-state index contributed by atoms with van der Waals surface area (Å²) in [6.45, 7) is 7.38. The lowest BCUT2D eigenvalue weighted by molar-refractivity contribution is -0.139. The van der Waals surface area contributed by atoms with Gasteiger partial charge >= 0.3 is 11.8 Å². The van der Waals surface area contributed by atoms with Gasteiger partial charge in [0.15, 0.2) is 0 Å². The Kier molecular flexibility index (Phi) is 7.63. The second-order valence-electron chi connectivity index (χ2n) is 6.75. The Balaban J connectivity index is 1.85. The van der Waals surface area contributed by atoms with Crippen molar-refractivity contribution in [1.82, 2.24) is 10.6 Å². The van der Waals surface area contributed by atoms with Gasteiger partial charge in [-0.2, -0.15) is 0 Å². The third-order valence-corrected chi connectivity index (χ3v) is 4.92. The zero-order valence-corrected chi connectivity index (χ0v) is 17.3. The highest BCUT2D eigenvalue weighted by atomic mass is 32.2. The fourth-order valence-electron chi connectivity index (χ4n) is 2.42. The molecule has 28 heavy (non-hydrogen) atoms. The summed E-state index contributed by atoms with van der Waals surface area (Å²) in [6.07, 6.45) is 0. The van der Waals surface area contributed by atoms with Crippen molar-refractivity contribution in [1.29, 1.82) is 0 Å². The van der Waals surface area contributed by atoms with E-state index in [0.29, 0.717) is 5.69 Å². The number of nitrogens with one attached hydrogen (secondary N) is 3. The Morgan fingerprint density at radius 3 is 2.25 bits per heavy atom. The minimum Gasteiger partial charge on any atom is -0.346 e. The molecule has 0 unspecified atom stereocenters. The molecule has 0 saturated heterocycles. The van der Waals surface area contributed by atoms with E-state index in [1.807, 2.05) is 12.1 Å². The molecule has 0 aliphatic rings. The highest BCUT2D eigenvalue weighted by Crippen LogP contribution is 2.31.